The summed E-state index contributed by atoms with van der Waals surface area (Å²) in [6.45, 7) is 3.76. The fraction of sp³-hybridized carbons (Fsp3) is 0.231. The monoisotopic (exact) mass is 296 g/mol. The molecule has 0 amide bonds. The highest BCUT2D eigenvalue weighted by Gasteiger charge is 2.13. The molecule has 19 heavy (non-hydrogen) atoms. The van der Waals surface area contributed by atoms with E-state index in [1.807, 2.05) is 31.2 Å². The van der Waals surface area contributed by atoms with Crippen LogP contribution in [-0.4, -0.2) is 9.97 Å². The van der Waals surface area contributed by atoms with E-state index in [0.29, 0.717) is 22.2 Å². The summed E-state index contributed by atoms with van der Waals surface area (Å²) in [4.78, 5) is 8.10. The Bertz CT molecular complexity index is 601. The lowest BCUT2D eigenvalue weighted by atomic mass is 10.1. The van der Waals surface area contributed by atoms with Crippen molar-refractivity contribution in [1.29, 1.82) is 0 Å². The molecule has 1 aromatic carbocycles. The molecule has 2 rings (SSSR count). The van der Waals surface area contributed by atoms with Gasteiger partial charge in [-0.15, -0.1) is 0 Å². The van der Waals surface area contributed by atoms with Gasteiger partial charge in [0.1, 0.15) is 0 Å². The summed E-state index contributed by atoms with van der Waals surface area (Å²) >= 11 is 12.0. The fourth-order valence-corrected chi connectivity index (χ4v) is 2.28. The van der Waals surface area contributed by atoms with Gasteiger partial charge in [-0.1, -0.05) is 29.8 Å². The van der Waals surface area contributed by atoms with E-state index in [9.17, 15) is 0 Å². The molecule has 0 spiro atoms. The van der Waals surface area contributed by atoms with Gasteiger partial charge in [0.05, 0.1) is 17.4 Å². The summed E-state index contributed by atoms with van der Waals surface area (Å²) in [7, 11) is 0. The van der Waals surface area contributed by atoms with E-state index >= 15 is 0 Å². The second-order valence-electron chi connectivity index (χ2n) is 4.23. The SMILES string of the molecule is Cc1nc(Cl)nc(NC(C)c2ccccc2Cl)c1N. The lowest BCUT2D eigenvalue weighted by Gasteiger charge is -2.18. The minimum absolute atomic E-state index is 0.0404. The Morgan fingerprint density at radius 1 is 1.21 bits per heavy atom. The van der Waals surface area contributed by atoms with E-state index in [0.717, 1.165) is 5.56 Å². The molecule has 4 nitrogen and oxygen atoms in total. The molecule has 1 unspecified atom stereocenters. The van der Waals surface area contributed by atoms with Crippen molar-refractivity contribution in [3.63, 3.8) is 0 Å². The van der Waals surface area contributed by atoms with Crippen LogP contribution in [0, 0.1) is 6.92 Å². The first-order valence-electron chi connectivity index (χ1n) is 5.79. The van der Waals surface area contributed by atoms with Gasteiger partial charge < -0.3 is 11.1 Å². The third kappa shape index (κ3) is 3.08. The van der Waals surface area contributed by atoms with Crippen LogP contribution in [0.5, 0.6) is 0 Å². The number of benzene rings is 1. The minimum Gasteiger partial charge on any atom is -0.394 e. The lowest BCUT2D eigenvalue weighted by Crippen LogP contribution is -2.12. The van der Waals surface area contributed by atoms with Crippen LogP contribution in [0.25, 0.3) is 0 Å². The molecule has 0 saturated heterocycles. The molecular formula is C13H14Cl2N4. The highest BCUT2D eigenvalue weighted by molar-refractivity contribution is 6.31. The van der Waals surface area contributed by atoms with Gasteiger partial charge in [0.15, 0.2) is 5.82 Å². The summed E-state index contributed by atoms with van der Waals surface area (Å²) in [5.74, 6) is 0.518. The lowest BCUT2D eigenvalue weighted by molar-refractivity contribution is 0.872. The molecule has 0 saturated carbocycles. The Hall–Kier alpha value is -1.52. The zero-order chi connectivity index (χ0) is 14.0. The first-order chi connectivity index (χ1) is 8.99. The summed E-state index contributed by atoms with van der Waals surface area (Å²) in [6.07, 6.45) is 0. The second kappa shape index (κ2) is 5.63. The zero-order valence-electron chi connectivity index (χ0n) is 10.6. The fourth-order valence-electron chi connectivity index (χ4n) is 1.77. The molecule has 1 atom stereocenters. The van der Waals surface area contributed by atoms with E-state index in [1.54, 1.807) is 6.92 Å². The number of hydrogen-bond acceptors (Lipinski definition) is 4. The van der Waals surface area contributed by atoms with Gasteiger partial charge in [-0.25, -0.2) is 4.98 Å². The molecule has 2 aromatic rings. The minimum atomic E-state index is -0.0404. The molecule has 0 aliphatic carbocycles. The molecule has 0 bridgehead atoms. The number of halogens is 2. The molecular weight excluding hydrogens is 283 g/mol. The number of nitrogens with two attached hydrogens (primary N) is 1. The maximum absolute atomic E-state index is 6.16. The van der Waals surface area contributed by atoms with Crippen LogP contribution in [0.15, 0.2) is 24.3 Å². The molecule has 100 valence electrons. The number of aryl methyl sites for hydroxylation is 1. The Balaban J connectivity index is 2.29. The number of anilines is 2. The van der Waals surface area contributed by atoms with Crippen molar-refractivity contribution in [1.82, 2.24) is 9.97 Å². The molecule has 6 heteroatoms. The maximum atomic E-state index is 6.16. The quantitative estimate of drug-likeness (QED) is 0.845. The van der Waals surface area contributed by atoms with Gasteiger partial charge in [0, 0.05) is 5.02 Å². The number of nitrogens with zero attached hydrogens (tertiary/aromatic N) is 2. The predicted molar refractivity (Wildman–Crippen MR) is 79.7 cm³/mol. The Morgan fingerprint density at radius 3 is 2.58 bits per heavy atom. The number of nitrogens with one attached hydrogen (secondary N) is 1. The average Bonchev–Trinajstić information content (AvgIpc) is 2.35. The van der Waals surface area contributed by atoms with Crippen LogP contribution in [0.1, 0.15) is 24.2 Å². The van der Waals surface area contributed by atoms with E-state index in [1.165, 1.54) is 0 Å². The van der Waals surface area contributed by atoms with Crippen molar-refractivity contribution >= 4 is 34.7 Å². The Labute approximate surface area is 122 Å². The average molecular weight is 297 g/mol. The van der Waals surface area contributed by atoms with Crippen LogP contribution in [0.2, 0.25) is 10.3 Å². The second-order valence-corrected chi connectivity index (χ2v) is 4.97. The Kier molecular flexibility index (Phi) is 4.12. The van der Waals surface area contributed by atoms with Crippen LogP contribution in [-0.2, 0) is 0 Å². The van der Waals surface area contributed by atoms with Gasteiger partial charge >= 0.3 is 0 Å². The van der Waals surface area contributed by atoms with E-state index in [4.69, 9.17) is 28.9 Å². The topological polar surface area (TPSA) is 63.8 Å². The maximum Gasteiger partial charge on any atom is 0.224 e. The van der Waals surface area contributed by atoms with E-state index in [-0.39, 0.29) is 11.3 Å². The molecule has 0 aliphatic heterocycles. The van der Waals surface area contributed by atoms with Gasteiger partial charge in [0.2, 0.25) is 5.28 Å². The standard InChI is InChI=1S/C13H14Cl2N4/c1-7(9-5-3-4-6-10(9)14)17-12-11(16)8(2)18-13(15)19-12/h3-7H,16H2,1-2H3,(H,17,18,19). The van der Waals surface area contributed by atoms with Crippen LogP contribution < -0.4 is 11.1 Å². The Morgan fingerprint density at radius 2 is 1.89 bits per heavy atom. The van der Waals surface area contributed by atoms with Gasteiger partial charge in [-0.05, 0) is 37.1 Å². The van der Waals surface area contributed by atoms with Gasteiger partial charge in [0.25, 0.3) is 0 Å². The third-order valence-corrected chi connectivity index (χ3v) is 3.35. The first kappa shape index (κ1) is 13.9. The zero-order valence-corrected chi connectivity index (χ0v) is 12.1. The number of rotatable bonds is 3. The molecule has 0 radical (unpaired) electrons. The molecule has 0 aliphatic rings. The smallest absolute Gasteiger partial charge is 0.224 e. The summed E-state index contributed by atoms with van der Waals surface area (Å²) in [5, 5.41) is 4.06. The summed E-state index contributed by atoms with van der Waals surface area (Å²) in [6, 6.07) is 7.57. The van der Waals surface area contributed by atoms with Crippen molar-refractivity contribution in [3.8, 4) is 0 Å². The van der Waals surface area contributed by atoms with Crippen LogP contribution in [0.4, 0.5) is 11.5 Å². The van der Waals surface area contributed by atoms with Crippen molar-refractivity contribution in [2.24, 2.45) is 0 Å². The van der Waals surface area contributed by atoms with E-state index in [2.05, 4.69) is 15.3 Å². The highest BCUT2D eigenvalue weighted by atomic mass is 35.5. The van der Waals surface area contributed by atoms with Crippen LogP contribution in [0.3, 0.4) is 0 Å². The number of aromatic nitrogens is 2. The largest absolute Gasteiger partial charge is 0.394 e. The van der Waals surface area contributed by atoms with Crippen LogP contribution >= 0.6 is 23.2 Å². The van der Waals surface area contributed by atoms with Crippen molar-refractivity contribution < 1.29 is 0 Å². The van der Waals surface area contributed by atoms with E-state index < -0.39 is 0 Å². The molecule has 3 N–H and O–H groups in total. The van der Waals surface area contributed by atoms with Crippen molar-refractivity contribution in [2.45, 2.75) is 19.9 Å². The normalized spacial score (nSPS) is 12.2. The number of hydrogen-bond donors (Lipinski definition) is 2. The summed E-state index contributed by atoms with van der Waals surface area (Å²) < 4.78 is 0. The third-order valence-electron chi connectivity index (χ3n) is 2.83. The van der Waals surface area contributed by atoms with Crippen molar-refractivity contribution in [3.05, 3.63) is 45.8 Å². The molecule has 0 fully saturated rings. The molecule has 1 heterocycles. The first-order valence-corrected chi connectivity index (χ1v) is 6.55. The summed E-state index contributed by atoms with van der Waals surface area (Å²) in [5.41, 5.74) is 8.04. The molecule has 1 aromatic heterocycles. The van der Waals surface area contributed by atoms with Gasteiger partial charge in [-0.3, -0.25) is 0 Å². The van der Waals surface area contributed by atoms with Crippen molar-refractivity contribution in [2.75, 3.05) is 11.1 Å². The highest BCUT2D eigenvalue weighted by Crippen LogP contribution is 2.28. The van der Waals surface area contributed by atoms with Gasteiger partial charge in [-0.2, -0.15) is 4.98 Å². The predicted octanol–water partition coefficient (Wildman–Crippen LogP) is 3.85. The number of nitrogen functional groups attached to an aromatic ring is 1.